The molecule has 6 heteroatoms. The quantitative estimate of drug-likeness (QED) is 0.393. The second-order valence-corrected chi connectivity index (χ2v) is 7.20. The van der Waals surface area contributed by atoms with Crippen molar-refractivity contribution in [3.63, 3.8) is 0 Å². The lowest BCUT2D eigenvalue weighted by Gasteiger charge is -2.17. The molecule has 29 heavy (non-hydrogen) atoms. The van der Waals surface area contributed by atoms with Gasteiger partial charge in [-0.3, -0.25) is 9.59 Å². The summed E-state index contributed by atoms with van der Waals surface area (Å²) in [5.41, 5.74) is 3.07. The van der Waals surface area contributed by atoms with Crippen molar-refractivity contribution in [3.8, 4) is 0 Å². The maximum Gasteiger partial charge on any atom is 0.248 e. The molecule has 2 aromatic rings. The number of hydrogen-bond donors (Lipinski definition) is 3. The van der Waals surface area contributed by atoms with Crippen LogP contribution in [0.1, 0.15) is 49.2 Å². The molecule has 5 nitrogen and oxygen atoms in total. The molecular weight excluding hydrogens is 388 g/mol. The molecule has 1 amide bonds. The van der Waals surface area contributed by atoms with Crippen molar-refractivity contribution in [2.24, 2.45) is 0 Å². The van der Waals surface area contributed by atoms with Gasteiger partial charge in [0, 0.05) is 17.3 Å². The molecule has 2 unspecified atom stereocenters. The summed E-state index contributed by atoms with van der Waals surface area (Å²) < 4.78 is 0. The number of allylic oxidation sites excluding steroid dienone is 1. The highest BCUT2D eigenvalue weighted by Gasteiger charge is 2.19. The number of aliphatic hydroxyl groups excluding tert-OH is 1. The van der Waals surface area contributed by atoms with Gasteiger partial charge in [0.1, 0.15) is 12.1 Å². The van der Waals surface area contributed by atoms with Crippen molar-refractivity contribution < 1.29 is 32.4 Å². The monoisotopic (exact) mass is 416 g/mol. The number of ketones is 1. The van der Waals surface area contributed by atoms with Gasteiger partial charge in [-0.15, -0.1) is 0 Å². The molecule has 4 N–H and O–H groups in total. The molecule has 0 saturated carbocycles. The lowest BCUT2D eigenvalue weighted by atomic mass is 10.0. The Kier molecular flexibility index (Phi) is 10.3. The molecule has 2 rings (SSSR count). The Labute approximate surface area is 178 Å². The number of halogens is 1. The van der Waals surface area contributed by atoms with E-state index in [4.69, 9.17) is 0 Å². The van der Waals surface area contributed by atoms with Crippen LogP contribution in [0.2, 0.25) is 0 Å². The van der Waals surface area contributed by atoms with Gasteiger partial charge in [-0.25, -0.2) is 0 Å². The van der Waals surface area contributed by atoms with Crippen molar-refractivity contribution >= 4 is 17.4 Å². The van der Waals surface area contributed by atoms with E-state index in [0.717, 1.165) is 11.1 Å². The van der Waals surface area contributed by atoms with Gasteiger partial charge >= 0.3 is 0 Å². The van der Waals surface area contributed by atoms with Gasteiger partial charge in [0.2, 0.25) is 5.91 Å². The molecule has 156 valence electrons. The number of nitrogens with two attached hydrogens (primary N) is 1. The Balaban J connectivity index is 0.00000420. The van der Waals surface area contributed by atoms with E-state index in [1.165, 1.54) is 6.08 Å². The van der Waals surface area contributed by atoms with E-state index in [0.29, 0.717) is 24.2 Å². The lowest BCUT2D eigenvalue weighted by Crippen LogP contribution is -3.00. The summed E-state index contributed by atoms with van der Waals surface area (Å²) in [7, 11) is 0. The van der Waals surface area contributed by atoms with Gasteiger partial charge < -0.3 is 28.1 Å². The lowest BCUT2D eigenvalue weighted by molar-refractivity contribution is -0.693. The highest BCUT2D eigenvalue weighted by Crippen LogP contribution is 2.14. The average molecular weight is 417 g/mol. The van der Waals surface area contributed by atoms with Crippen LogP contribution in [0.25, 0.3) is 0 Å². The van der Waals surface area contributed by atoms with Crippen LogP contribution in [0, 0.1) is 0 Å². The van der Waals surface area contributed by atoms with E-state index in [-0.39, 0.29) is 30.1 Å². The summed E-state index contributed by atoms with van der Waals surface area (Å²) >= 11 is 0. The zero-order chi connectivity index (χ0) is 20.5. The number of benzene rings is 2. The van der Waals surface area contributed by atoms with Crippen LogP contribution in [-0.2, 0) is 4.79 Å². The largest absolute Gasteiger partial charge is 1.00 e. The number of amides is 1. The standard InChI is InChI=1S/C23H28N2O3.ClH/c1-16(2)15-22(27)25-20-11-9-18(10-12-20)21(26)13-14-24-17(3)23(28)19-7-5-4-6-8-19;/h4-12,15,17,23-24,28H,13-14H2,1-3H3,(H,25,27);1H. The molecule has 0 aromatic heterocycles. The van der Waals surface area contributed by atoms with Gasteiger partial charge in [-0.05, 0) is 50.6 Å². The molecule has 0 fully saturated rings. The van der Waals surface area contributed by atoms with Gasteiger partial charge in [0.15, 0.2) is 5.78 Å². The second-order valence-electron chi connectivity index (χ2n) is 7.20. The number of carbonyl (C=O) groups excluding carboxylic acids is 2. The van der Waals surface area contributed by atoms with Crippen LogP contribution in [0.5, 0.6) is 0 Å². The van der Waals surface area contributed by atoms with E-state index >= 15 is 0 Å². The van der Waals surface area contributed by atoms with E-state index in [1.54, 1.807) is 24.3 Å². The first kappa shape index (κ1) is 24.6. The molecule has 2 aromatic carbocycles. The van der Waals surface area contributed by atoms with Gasteiger partial charge in [-0.1, -0.05) is 35.9 Å². The third-order valence-electron chi connectivity index (χ3n) is 4.44. The number of quaternary nitrogens is 1. The third-order valence-corrected chi connectivity index (χ3v) is 4.44. The van der Waals surface area contributed by atoms with E-state index in [1.807, 2.05) is 56.4 Å². The number of anilines is 1. The van der Waals surface area contributed by atoms with Gasteiger partial charge in [0.05, 0.1) is 13.0 Å². The number of Topliss-reactive ketones (excluding diaryl/α,β-unsaturated/α-hetero) is 1. The summed E-state index contributed by atoms with van der Waals surface area (Å²) in [4.78, 5) is 24.1. The van der Waals surface area contributed by atoms with E-state index < -0.39 is 6.10 Å². The molecule has 0 bridgehead atoms. The summed E-state index contributed by atoms with van der Waals surface area (Å²) in [6.45, 7) is 6.27. The first-order chi connectivity index (χ1) is 13.4. The molecular formula is C23H29ClN2O3. The van der Waals surface area contributed by atoms with Crippen molar-refractivity contribution in [2.75, 3.05) is 11.9 Å². The van der Waals surface area contributed by atoms with Gasteiger partial charge in [0.25, 0.3) is 0 Å². The summed E-state index contributed by atoms with van der Waals surface area (Å²) in [6.07, 6.45) is 1.34. The Morgan fingerprint density at radius 3 is 2.28 bits per heavy atom. The fourth-order valence-corrected chi connectivity index (χ4v) is 2.88. The Morgan fingerprint density at radius 1 is 1.07 bits per heavy atom. The van der Waals surface area contributed by atoms with Crippen LogP contribution >= 0.6 is 0 Å². The zero-order valence-electron chi connectivity index (χ0n) is 17.1. The topological polar surface area (TPSA) is 83.0 Å². The third kappa shape index (κ3) is 8.20. The van der Waals surface area contributed by atoms with Crippen LogP contribution in [0.3, 0.4) is 0 Å². The molecule has 0 aliphatic rings. The average Bonchev–Trinajstić information content (AvgIpc) is 2.67. The maximum atomic E-state index is 12.4. The van der Waals surface area contributed by atoms with Crippen LogP contribution in [-0.4, -0.2) is 29.4 Å². The van der Waals surface area contributed by atoms with E-state index in [9.17, 15) is 14.7 Å². The molecule has 0 spiro atoms. The Bertz CT molecular complexity index is 816. The minimum absolute atomic E-state index is 0. The first-order valence-corrected chi connectivity index (χ1v) is 9.52. The minimum Gasteiger partial charge on any atom is -1.00 e. The van der Waals surface area contributed by atoms with Crippen LogP contribution in [0.4, 0.5) is 5.69 Å². The molecule has 0 aliphatic heterocycles. The van der Waals surface area contributed by atoms with Crippen molar-refractivity contribution in [2.45, 2.75) is 39.3 Å². The summed E-state index contributed by atoms with van der Waals surface area (Å²) in [5, 5.41) is 15.1. The minimum atomic E-state index is -0.569. The second kappa shape index (κ2) is 12.2. The normalized spacial score (nSPS) is 12.3. The van der Waals surface area contributed by atoms with Crippen molar-refractivity contribution in [3.05, 3.63) is 77.4 Å². The number of rotatable bonds is 9. The Morgan fingerprint density at radius 2 is 1.69 bits per heavy atom. The number of nitrogens with one attached hydrogen (secondary N) is 1. The number of carbonyl (C=O) groups is 2. The molecule has 0 saturated heterocycles. The molecule has 0 aliphatic carbocycles. The Hall–Kier alpha value is -2.47. The van der Waals surface area contributed by atoms with Crippen molar-refractivity contribution in [1.82, 2.24) is 0 Å². The predicted octanol–water partition coefficient (Wildman–Crippen LogP) is -0.146. The number of aliphatic hydroxyl groups is 1. The van der Waals surface area contributed by atoms with Crippen LogP contribution < -0.4 is 23.0 Å². The highest BCUT2D eigenvalue weighted by atomic mass is 35.5. The molecule has 0 heterocycles. The number of hydrogen-bond acceptors (Lipinski definition) is 3. The summed E-state index contributed by atoms with van der Waals surface area (Å²) in [5.74, 6) is -0.139. The fraction of sp³-hybridized carbons (Fsp3) is 0.304. The highest BCUT2D eigenvalue weighted by molar-refractivity contribution is 6.00. The van der Waals surface area contributed by atoms with Gasteiger partial charge in [-0.2, -0.15) is 0 Å². The van der Waals surface area contributed by atoms with E-state index in [2.05, 4.69) is 5.32 Å². The fourth-order valence-electron chi connectivity index (χ4n) is 2.88. The summed E-state index contributed by atoms with van der Waals surface area (Å²) in [6, 6.07) is 16.4. The molecule has 2 atom stereocenters. The van der Waals surface area contributed by atoms with Crippen molar-refractivity contribution in [1.29, 1.82) is 0 Å². The first-order valence-electron chi connectivity index (χ1n) is 9.52. The predicted molar refractivity (Wildman–Crippen MR) is 111 cm³/mol. The molecule has 0 radical (unpaired) electrons. The zero-order valence-corrected chi connectivity index (χ0v) is 17.8. The smallest absolute Gasteiger partial charge is 0.248 e. The maximum absolute atomic E-state index is 12.4. The SMILES string of the molecule is CC(C)=CC(=O)Nc1ccc(C(=O)CC[NH2+]C(C)C(O)c2ccccc2)cc1.[Cl-]. The van der Waals surface area contributed by atoms with Crippen LogP contribution in [0.15, 0.2) is 66.2 Å².